The summed E-state index contributed by atoms with van der Waals surface area (Å²) in [6.07, 6.45) is 1.40. The molecule has 1 amide bonds. The summed E-state index contributed by atoms with van der Waals surface area (Å²) in [5.74, 6) is -1.30. The Morgan fingerprint density at radius 2 is 1.86 bits per heavy atom. The van der Waals surface area contributed by atoms with Crippen LogP contribution in [-0.2, 0) is 18.3 Å². The summed E-state index contributed by atoms with van der Waals surface area (Å²) in [6.45, 7) is 8.43. The van der Waals surface area contributed by atoms with Gasteiger partial charge in [0.1, 0.15) is 5.82 Å². The molecule has 0 radical (unpaired) electrons. The van der Waals surface area contributed by atoms with Crippen LogP contribution in [0.15, 0.2) is 41.6 Å². The van der Waals surface area contributed by atoms with Crippen molar-refractivity contribution in [2.24, 2.45) is 7.05 Å². The number of carbonyl (C=O) groups excluding carboxylic acids is 1. The number of anilines is 2. The monoisotopic (exact) mass is 587 g/mol. The van der Waals surface area contributed by atoms with E-state index >= 15 is 4.39 Å². The van der Waals surface area contributed by atoms with Crippen LogP contribution < -0.4 is 15.8 Å². The minimum Gasteiger partial charge on any atom is -0.379 e. The number of amides is 1. The molecule has 0 saturated carbocycles. The number of morpholine rings is 1. The number of carbonyl (C=O) groups is 1. The van der Waals surface area contributed by atoms with Crippen molar-refractivity contribution in [3.63, 3.8) is 0 Å². The molecule has 0 bridgehead atoms. The van der Waals surface area contributed by atoms with E-state index in [1.807, 2.05) is 11.9 Å². The molecule has 0 aliphatic carbocycles. The van der Waals surface area contributed by atoms with Crippen LogP contribution in [0.25, 0.3) is 11.1 Å². The van der Waals surface area contributed by atoms with Crippen LogP contribution in [0.3, 0.4) is 0 Å². The molecule has 2 fully saturated rings. The minimum absolute atomic E-state index is 0.170. The first kappa shape index (κ1) is 29.8. The van der Waals surface area contributed by atoms with Gasteiger partial charge in [-0.1, -0.05) is 0 Å². The molecule has 2 aromatic heterocycles. The number of nitrogens with one attached hydrogen (secondary N) is 1. The van der Waals surface area contributed by atoms with Gasteiger partial charge >= 0.3 is 0 Å². The first-order valence-corrected chi connectivity index (χ1v) is 14.0. The molecule has 2 saturated heterocycles. The number of benzene rings is 1. The predicted octanol–water partition coefficient (Wildman–Crippen LogP) is 3.05. The molecule has 4 heterocycles. The Labute approximate surface area is 242 Å². The van der Waals surface area contributed by atoms with E-state index in [4.69, 9.17) is 4.74 Å². The standard InChI is InChI=1S/C29H36F3N7O3/c1-19-16-38(6-4-35(19)2)26-14-24(30)21(20-15-33-39(17-20)7-5-37-8-10-42-11-9-37)12-25(26)34-29(41)23-18-36(3)27(40)13-22(23)28(31)32/h12-15,17-19,28H,4-11,16H2,1-3H3,(H,34,41)/t19-/m1/s1. The van der Waals surface area contributed by atoms with Gasteiger partial charge in [-0.2, -0.15) is 5.10 Å². The van der Waals surface area contributed by atoms with Gasteiger partial charge in [0.2, 0.25) is 0 Å². The molecule has 3 aromatic rings. The van der Waals surface area contributed by atoms with Crippen molar-refractivity contribution < 1.29 is 22.7 Å². The Hall–Kier alpha value is -3.68. The van der Waals surface area contributed by atoms with Crippen LogP contribution >= 0.6 is 0 Å². The molecule has 1 N–H and O–H groups in total. The first-order valence-electron chi connectivity index (χ1n) is 14.0. The highest BCUT2D eigenvalue weighted by molar-refractivity contribution is 6.07. The van der Waals surface area contributed by atoms with Gasteiger partial charge in [-0.05, 0) is 26.1 Å². The van der Waals surface area contributed by atoms with Crippen LogP contribution in [0.2, 0.25) is 0 Å². The molecular weight excluding hydrogens is 551 g/mol. The number of alkyl halides is 2. The van der Waals surface area contributed by atoms with Gasteiger partial charge in [-0.3, -0.25) is 19.2 Å². The van der Waals surface area contributed by atoms with E-state index in [9.17, 15) is 18.4 Å². The summed E-state index contributed by atoms with van der Waals surface area (Å²) >= 11 is 0. The number of aromatic nitrogens is 3. The smallest absolute Gasteiger partial charge is 0.264 e. The average Bonchev–Trinajstić information content (AvgIpc) is 3.44. The Balaban J connectivity index is 1.47. The molecule has 226 valence electrons. The van der Waals surface area contributed by atoms with Crippen LogP contribution in [-0.4, -0.2) is 95.6 Å². The minimum atomic E-state index is -3.02. The third kappa shape index (κ3) is 6.53. The zero-order valence-electron chi connectivity index (χ0n) is 24.0. The Morgan fingerprint density at radius 1 is 1.10 bits per heavy atom. The number of hydrogen-bond donors (Lipinski definition) is 1. The molecule has 0 spiro atoms. The Morgan fingerprint density at radius 3 is 2.57 bits per heavy atom. The van der Waals surface area contributed by atoms with E-state index in [-0.39, 0.29) is 22.9 Å². The highest BCUT2D eigenvalue weighted by Crippen LogP contribution is 2.36. The van der Waals surface area contributed by atoms with Gasteiger partial charge in [0.05, 0.1) is 42.9 Å². The molecule has 5 rings (SSSR count). The van der Waals surface area contributed by atoms with Crippen molar-refractivity contribution in [1.82, 2.24) is 24.1 Å². The van der Waals surface area contributed by atoms with Crippen molar-refractivity contribution >= 4 is 17.3 Å². The SMILES string of the molecule is C[C@@H]1CN(c2cc(F)c(-c3cnn(CCN4CCOCC4)c3)cc2NC(=O)c2cn(C)c(=O)cc2C(F)F)CCN1C. The van der Waals surface area contributed by atoms with Gasteiger partial charge in [-0.15, -0.1) is 0 Å². The van der Waals surface area contributed by atoms with E-state index in [0.717, 1.165) is 43.0 Å². The summed E-state index contributed by atoms with van der Waals surface area (Å²) in [5.41, 5.74) is -0.150. The Kier molecular flexibility index (Phi) is 8.99. The average molecular weight is 588 g/mol. The summed E-state index contributed by atoms with van der Waals surface area (Å²) in [4.78, 5) is 31.9. The lowest BCUT2D eigenvalue weighted by Crippen LogP contribution is -2.50. The van der Waals surface area contributed by atoms with Crippen LogP contribution in [0.1, 0.15) is 29.3 Å². The van der Waals surface area contributed by atoms with Crippen molar-refractivity contribution in [3.8, 4) is 11.1 Å². The highest BCUT2D eigenvalue weighted by Gasteiger charge is 2.27. The zero-order chi connectivity index (χ0) is 30.0. The molecule has 0 unspecified atom stereocenters. The van der Waals surface area contributed by atoms with Gasteiger partial charge in [0.25, 0.3) is 17.9 Å². The fourth-order valence-electron chi connectivity index (χ4n) is 5.31. The van der Waals surface area contributed by atoms with Crippen LogP contribution in [0, 0.1) is 5.82 Å². The highest BCUT2D eigenvalue weighted by atomic mass is 19.3. The summed E-state index contributed by atoms with van der Waals surface area (Å²) in [5, 5.41) is 7.16. The zero-order valence-corrected chi connectivity index (χ0v) is 24.0. The van der Waals surface area contributed by atoms with E-state index in [1.165, 1.54) is 19.2 Å². The molecule has 2 aliphatic rings. The van der Waals surface area contributed by atoms with Crippen molar-refractivity contribution in [3.05, 3.63) is 64.1 Å². The van der Waals surface area contributed by atoms with Crippen molar-refractivity contribution in [2.75, 3.05) is 69.7 Å². The topological polar surface area (TPSA) is 87.9 Å². The molecule has 13 heteroatoms. The number of rotatable bonds is 8. The summed E-state index contributed by atoms with van der Waals surface area (Å²) < 4.78 is 51.5. The summed E-state index contributed by atoms with van der Waals surface area (Å²) in [6, 6.07) is 3.84. The second-order valence-electron chi connectivity index (χ2n) is 10.9. The quantitative estimate of drug-likeness (QED) is 0.434. The van der Waals surface area contributed by atoms with Crippen LogP contribution in [0.5, 0.6) is 0 Å². The maximum Gasteiger partial charge on any atom is 0.264 e. The lowest BCUT2D eigenvalue weighted by Gasteiger charge is -2.39. The number of aryl methyl sites for hydroxylation is 1. The normalized spacial score (nSPS) is 18.5. The number of piperazine rings is 1. The van der Waals surface area contributed by atoms with Gasteiger partial charge in [0.15, 0.2) is 0 Å². The number of nitrogens with zero attached hydrogens (tertiary/aromatic N) is 6. The molecule has 1 aromatic carbocycles. The van der Waals surface area contributed by atoms with E-state index in [1.54, 1.807) is 17.1 Å². The van der Waals surface area contributed by atoms with Crippen molar-refractivity contribution in [1.29, 1.82) is 0 Å². The number of likely N-dealkylation sites (N-methyl/N-ethyl adjacent to an activating group) is 1. The molecular formula is C29H36F3N7O3. The fourth-order valence-corrected chi connectivity index (χ4v) is 5.31. The maximum atomic E-state index is 15.7. The maximum absolute atomic E-state index is 15.7. The molecule has 1 atom stereocenters. The lowest BCUT2D eigenvalue weighted by atomic mass is 10.0. The van der Waals surface area contributed by atoms with Gasteiger partial charge in [-0.25, -0.2) is 13.2 Å². The first-order chi connectivity index (χ1) is 20.1. The number of halogens is 3. The van der Waals surface area contributed by atoms with Gasteiger partial charge in [0, 0.05) is 87.5 Å². The van der Waals surface area contributed by atoms with Gasteiger partial charge < -0.3 is 24.4 Å². The largest absolute Gasteiger partial charge is 0.379 e. The van der Waals surface area contributed by atoms with E-state index in [0.29, 0.717) is 44.1 Å². The molecule has 10 nitrogen and oxygen atoms in total. The van der Waals surface area contributed by atoms with Crippen LogP contribution in [0.4, 0.5) is 24.5 Å². The lowest BCUT2D eigenvalue weighted by molar-refractivity contribution is 0.0360. The number of ether oxygens (including phenoxy) is 1. The summed E-state index contributed by atoms with van der Waals surface area (Å²) in [7, 11) is 3.40. The molecule has 2 aliphatic heterocycles. The molecule has 42 heavy (non-hydrogen) atoms. The third-order valence-corrected chi connectivity index (χ3v) is 8.07. The number of hydrogen-bond acceptors (Lipinski definition) is 7. The second-order valence-corrected chi connectivity index (χ2v) is 10.9. The second kappa shape index (κ2) is 12.7. The Bertz CT molecular complexity index is 1490. The van der Waals surface area contributed by atoms with E-state index in [2.05, 4.69) is 27.1 Å². The number of pyridine rings is 1. The van der Waals surface area contributed by atoms with Crippen molar-refractivity contribution in [2.45, 2.75) is 25.9 Å². The predicted molar refractivity (Wildman–Crippen MR) is 154 cm³/mol. The fraction of sp³-hybridized carbons (Fsp3) is 0.483. The van der Waals surface area contributed by atoms with E-state index < -0.39 is 29.3 Å². The third-order valence-electron chi connectivity index (χ3n) is 8.07.